The number of likely N-dealkylation sites (tertiary alicyclic amines) is 1. The third-order valence-electron chi connectivity index (χ3n) is 3.87. The van der Waals surface area contributed by atoms with Crippen molar-refractivity contribution in [3.8, 4) is 0 Å². The van der Waals surface area contributed by atoms with Crippen molar-refractivity contribution in [3.63, 3.8) is 0 Å². The number of piperidine rings is 1. The van der Waals surface area contributed by atoms with Crippen molar-refractivity contribution in [2.75, 3.05) is 33.4 Å². The van der Waals surface area contributed by atoms with E-state index in [1.807, 2.05) is 4.90 Å². The molecule has 20 heavy (non-hydrogen) atoms. The number of aliphatic hydroxyl groups is 1. The average Bonchev–Trinajstić information content (AvgIpc) is 2.36. The van der Waals surface area contributed by atoms with Gasteiger partial charge in [0, 0.05) is 33.4 Å². The van der Waals surface area contributed by atoms with Crippen LogP contribution in [0, 0.1) is 11.3 Å². The maximum absolute atomic E-state index is 12.1. The van der Waals surface area contributed by atoms with Gasteiger partial charge < -0.3 is 20.1 Å². The molecule has 1 rings (SSSR count). The van der Waals surface area contributed by atoms with E-state index in [2.05, 4.69) is 19.2 Å². The predicted octanol–water partition coefficient (Wildman–Crippen LogP) is 1.85. The zero-order valence-corrected chi connectivity index (χ0v) is 13.3. The Morgan fingerprint density at radius 1 is 1.45 bits per heavy atom. The van der Waals surface area contributed by atoms with Crippen molar-refractivity contribution >= 4 is 6.03 Å². The second-order valence-electron chi connectivity index (χ2n) is 6.76. The van der Waals surface area contributed by atoms with Crippen molar-refractivity contribution in [1.29, 1.82) is 0 Å². The molecule has 2 amide bonds. The Bertz CT molecular complexity index is 297. The number of carbonyl (C=O) groups is 1. The number of nitrogens with one attached hydrogen (secondary N) is 1. The van der Waals surface area contributed by atoms with Crippen LogP contribution in [-0.4, -0.2) is 55.5 Å². The van der Waals surface area contributed by atoms with Crippen LogP contribution in [-0.2, 0) is 4.74 Å². The number of methoxy groups -OCH3 is 1. The number of carbonyl (C=O) groups excluding carboxylic acids is 1. The summed E-state index contributed by atoms with van der Waals surface area (Å²) in [6, 6.07) is 0.0135. The summed E-state index contributed by atoms with van der Waals surface area (Å²) in [7, 11) is 1.73. The van der Waals surface area contributed by atoms with Gasteiger partial charge in [-0.2, -0.15) is 0 Å². The quantitative estimate of drug-likeness (QED) is 0.783. The molecule has 5 heteroatoms. The first kappa shape index (κ1) is 17.2. The minimum absolute atomic E-state index is 0.0135. The lowest BCUT2D eigenvalue weighted by atomic mass is 9.87. The van der Waals surface area contributed by atoms with Gasteiger partial charge in [0.15, 0.2) is 0 Å². The molecule has 0 spiro atoms. The molecule has 0 aromatic rings. The van der Waals surface area contributed by atoms with E-state index < -0.39 is 0 Å². The van der Waals surface area contributed by atoms with Crippen molar-refractivity contribution < 1.29 is 14.6 Å². The molecule has 0 aromatic heterocycles. The molecule has 0 saturated carbocycles. The number of amides is 2. The summed E-state index contributed by atoms with van der Waals surface area (Å²) in [5, 5.41) is 12.4. The lowest BCUT2D eigenvalue weighted by molar-refractivity contribution is 0.103. The Morgan fingerprint density at radius 2 is 2.05 bits per heavy atom. The summed E-state index contributed by atoms with van der Waals surface area (Å²) in [5.41, 5.74) is -0.0851. The van der Waals surface area contributed by atoms with Gasteiger partial charge in [-0.05, 0) is 37.5 Å². The zero-order valence-electron chi connectivity index (χ0n) is 13.3. The van der Waals surface area contributed by atoms with Gasteiger partial charge in [0.05, 0.1) is 6.10 Å². The molecule has 5 nitrogen and oxygen atoms in total. The molecular weight excluding hydrogens is 256 g/mol. The third-order valence-corrected chi connectivity index (χ3v) is 3.87. The highest BCUT2D eigenvalue weighted by molar-refractivity contribution is 5.74. The van der Waals surface area contributed by atoms with Gasteiger partial charge in [0.2, 0.25) is 0 Å². The van der Waals surface area contributed by atoms with E-state index in [4.69, 9.17) is 4.74 Å². The number of ether oxygens (including phenoxy) is 1. The Hall–Kier alpha value is -0.810. The summed E-state index contributed by atoms with van der Waals surface area (Å²) in [6.07, 6.45) is 2.37. The monoisotopic (exact) mass is 286 g/mol. The molecule has 118 valence electrons. The average molecular weight is 286 g/mol. The number of nitrogens with zero attached hydrogens (tertiary/aromatic N) is 1. The van der Waals surface area contributed by atoms with Crippen LogP contribution < -0.4 is 5.32 Å². The summed E-state index contributed by atoms with van der Waals surface area (Å²) in [5.74, 6) is 0.579. The summed E-state index contributed by atoms with van der Waals surface area (Å²) in [6.45, 7) is 8.89. The lowest BCUT2D eigenvalue weighted by Gasteiger charge is -2.33. The topological polar surface area (TPSA) is 61.8 Å². The third kappa shape index (κ3) is 6.09. The fourth-order valence-electron chi connectivity index (χ4n) is 2.84. The molecule has 1 atom stereocenters. The first-order valence-electron chi connectivity index (χ1n) is 7.54. The molecule has 1 unspecified atom stereocenters. The Balaban J connectivity index is 2.30. The van der Waals surface area contributed by atoms with Crippen molar-refractivity contribution in [1.82, 2.24) is 10.2 Å². The van der Waals surface area contributed by atoms with E-state index in [0.29, 0.717) is 18.9 Å². The normalized spacial score (nSPS) is 18.9. The first-order chi connectivity index (χ1) is 9.34. The summed E-state index contributed by atoms with van der Waals surface area (Å²) in [4.78, 5) is 14.0. The highest BCUT2D eigenvalue weighted by Crippen LogP contribution is 2.22. The van der Waals surface area contributed by atoms with Crippen LogP contribution >= 0.6 is 0 Å². The van der Waals surface area contributed by atoms with Gasteiger partial charge in [-0.15, -0.1) is 0 Å². The van der Waals surface area contributed by atoms with Crippen LogP contribution in [0.5, 0.6) is 0 Å². The number of hydrogen-bond acceptors (Lipinski definition) is 3. The second kappa shape index (κ2) is 7.84. The minimum Gasteiger partial charge on any atom is -0.393 e. The molecule has 1 fully saturated rings. The predicted molar refractivity (Wildman–Crippen MR) is 79.7 cm³/mol. The summed E-state index contributed by atoms with van der Waals surface area (Å²) >= 11 is 0. The van der Waals surface area contributed by atoms with Gasteiger partial charge in [-0.1, -0.05) is 13.8 Å². The van der Waals surface area contributed by atoms with E-state index in [1.54, 1.807) is 14.0 Å². The Kier molecular flexibility index (Phi) is 6.76. The van der Waals surface area contributed by atoms with Crippen LogP contribution in [0.1, 0.15) is 40.0 Å². The zero-order chi connectivity index (χ0) is 15.2. The number of urea groups is 1. The van der Waals surface area contributed by atoms with Gasteiger partial charge in [-0.3, -0.25) is 0 Å². The van der Waals surface area contributed by atoms with Crippen molar-refractivity contribution in [2.45, 2.75) is 46.1 Å². The molecule has 0 radical (unpaired) electrons. The molecular formula is C15H30N2O3. The highest BCUT2D eigenvalue weighted by Gasteiger charge is 2.25. The second-order valence-corrected chi connectivity index (χ2v) is 6.76. The van der Waals surface area contributed by atoms with Crippen molar-refractivity contribution in [3.05, 3.63) is 0 Å². The van der Waals surface area contributed by atoms with E-state index in [-0.39, 0.29) is 17.6 Å². The summed E-state index contributed by atoms with van der Waals surface area (Å²) < 4.78 is 5.16. The van der Waals surface area contributed by atoms with Gasteiger partial charge in [0.25, 0.3) is 0 Å². The molecule has 0 bridgehead atoms. The fraction of sp³-hybridized carbons (Fsp3) is 0.933. The van der Waals surface area contributed by atoms with E-state index in [1.165, 1.54) is 0 Å². The van der Waals surface area contributed by atoms with Crippen LogP contribution in [0.3, 0.4) is 0 Å². The number of hydrogen-bond donors (Lipinski definition) is 2. The Labute approximate surface area is 122 Å². The molecule has 1 aliphatic rings. The maximum atomic E-state index is 12.1. The van der Waals surface area contributed by atoms with Gasteiger partial charge >= 0.3 is 6.03 Å². The van der Waals surface area contributed by atoms with Crippen molar-refractivity contribution in [2.24, 2.45) is 11.3 Å². The highest BCUT2D eigenvalue weighted by atomic mass is 16.5. The van der Waals surface area contributed by atoms with E-state index in [9.17, 15) is 9.90 Å². The van der Waals surface area contributed by atoms with E-state index in [0.717, 1.165) is 32.5 Å². The molecule has 0 aliphatic carbocycles. The van der Waals surface area contributed by atoms with Crippen LogP contribution in [0.4, 0.5) is 4.79 Å². The number of aliphatic hydroxyl groups excluding tert-OH is 1. The maximum Gasteiger partial charge on any atom is 0.317 e. The van der Waals surface area contributed by atoms with Gasteiger partial charge in [-0.25, -0.2) is 4.79 Å². The molecule has 1 heterocycles. The SMILES string of the molecule is COCC1CCN(C(=O)NCC(C)(C)CC(C)O)CC1. The van der Waals surface area contributed by atoms with Gasteiger partial charge in [0.1, 0.15) is 0 Å². The number of rotatable bonds is 6. The Morgan fingerprint density at radius 3 is 2.55 bits per heavy atom. The van der Waals surface area contributed by atoms with Crippen LogP contribution in [0.2, 0.25) is 0 Å². The fourth-order valence-corrected chi connectivity index (χ4v) is 2.84. The van der Waals surface area contributed by atoms with Crippen LogP contribution in [0.15, 0.2) is 0 Å². The largest absolute Gasteiger partial charge is 0.393 e. The molecule has 1 aliphatic heterocycles. The lowest BCUT2D eigenvalue weighted by Crippen LogP contribution is -2.47. The van der Waals surface area contributed by atoms with Crippen LogP contribution in [0.25, 0.3) is 0 Å². The molecule has 2 N–H and O–H groups in total. The molecule has 1 saturated heterocycles. The minimum atomic E-state index is -0.341. The molecule has 0 aromatic carbocycles. The standard InChI is InChI=1S/C15H30N2O3/c1-12(18)9-15(2,3)11-16-14(19)17-7-5-13(6-8-17)10-20-4/h12-13,18H,5-11H2,1-4H3,(H,16,19). The van der Waals surface area contributed by atoms with E-state index >= 15 is 0 Å². The first-order valence-corrected chi connectivity index (χ1v) is 7.54. The smallest absolute Gasteiger partial charge is 0.317 e.